The van der Waals surface area contributed by atoms with Crippen molar-refractivity contribution < 1.29 is 9.69 Å². The summed E-state index contributed by atoms with van der Waals surface area (Å²) in [5, 5.41) is 0. The number of rotatable bonds is 3. The van der Waals surface area contributed by atoms with Crippen LogP contribution in [0.2, 0.25) is 0 Å². The largest absolute Gasteiger partial charge is 0.366 e. The highest BCUT2D eigenvalue weighted by molar-refractivity contribution is 5.92. The molecule has 2 rings (SSSR count). The summed E-state index contributed by atoms with van der Waals surface area (Å²) < 4.78 is 0. The monoisotopic (exact) mass is 215 g/mol. The maximum atomic E-state index is 11.1. The van der Waals surface area contributed by atoms with E-state index in [1.807, 2.05) is 24.3 Å². The molecule has 1 heterocycles. The average molecular weight is 215 g/mol. The molecule has 1 aliphatic heterocycles. The molecule has 0 saturated heterocycles. The Morgan fingerprint density at radius 3 is 2.75 bits per heavy atom. The Balaban J connectivity index is 2.02. The predicted molar refractivity (Wildman–Crippen MR) is 62.4 cm³/mol. The molecular weight excluding hydrogens is 200 g/mol. The van der Waals surface area contributed by atoms with Gasteiger partial charge in [-0.3, -0.25) is 4.79 Å². The van der Waals surface area contributed by atoms with Crippen LogP contribution in [-0.4, -0.2) is 12.5 Å². The van der Waals surface area contributed by atoms with Crippen molar-refractivity contribution >= 4 is 5.91 Å². The van der Waals surface area contributed by atoms with Gasteiger partial charge in [0.1, 0.15) is 13.1 Å². The predicted octanol–water partition coefficient (Wildman–Crippen LogP) is 0.0105. The molecule has 0 spiro atoms. The van der Waals surface area contributed by atoms with Crippen molar-refractivity contribution in [1.82, 2.24) is 0 Å². The second-order valence-corrected chi connectivity index (χ2v) is 3.91. The van der Waals surface area contributed by atoms with Crippen molar-refractivity contribution in [3.05, 3.63) is 59.8 Å². The third-order valence-corrected chi connectivity index (χ3v) is 2.64. The molecule has 0 fully saturated rings. The molecule has 1 aliphatic rings. The molecule has 3 nitrogen and oxygen atoms in total. The number of hydrogen-bond acceptors (Lipinski definition) is 1. The highest BCUT2D eigenvalue weighted by Crippen LogP contribution is 1.98. The van der Waals surface area contributed by atoms with Gasteiger partial charge < -0.3 is 10.6 Å². The van der Waals surface area contributed by atoms with E-state index in [0.717, 1.165) is 6.54 Å². The van der Waals surface area contributed by atoms with Crippen LogP contribution in [0.5, 0.6) is 0 Å². The smallest absolute Gasteiger partial charge is 0.250 e. The zero-order chi connectivity index (χ0) is 11.4. The van der Waals surface area contributed by atoms with Gasteiger partial charge in [-0.2, -0.15) is 0 Å². The van der Waals surface area contributed by atoms with E-state index in [0.29, 0.717) is 12.1 Å². The van der Waals surface area contributed by atoms with Gasteiger partial charge in [0.15, 0.2) is 0 Å². The second kappa shape index (κ2) is 4.77. The van der Waals surface area contributed by atoms with Gasteiger partial charge >= 0.3 is 0 Å². The fraction of sp³-hybridized carbons (Fsp3) is 0.154. The zero-order valence-corrected chi connectivity index (χ0v) is 9.02. The number of allylic oxidation sites excluding steroid dienone is 2. The van der Waals surface area contributed by atoms with E-state index < -0.39 is 0 Å². The minimum Gasteiger partial charge on any atom is -0.366 e. The van der Waals surface area contributed by atoms with Crippen molar-refractivity contribution in [2.24, 2.45) is 5.73 Å². The molecule has 1 unspecified atom stereocenters. The second-order valence-electron chi connectivity index (χ2n) is 3.91. The molecule has 0 aliphatic carbocycles. The van der Waals surface area contributed by atoms with Gasteiger partial charge in [-0.1, -0.05) is 30.3 Å². The van der Waals surface area contributed by atoms with E-state index in [9.17, 15) is 4.79 Å². The van der Waals surface area contributed by atoms with E-state index in [1.54, 1.807) is 6.08 Å². The lowest BCUT2D eigenvalue weighted by Crippen LogP contribution is -3.06. The number of nitrogens with two attached hydrogens (primary N) is 1. The van der Waals surface area contributed by atoms with Crippen LogP contribution in [0.4, 0.5) is 0 Å². The number of nitrogens with one attached hydrogen (secondary N) is 1. The molecule has 0 radical (unpaired) electrons. The Labute approximate surface area is 94.9 Å². The molecule has 82 valence electrons. The van der Waals surface area contributed by atoms with E-state index in [4.69, 9.17) is 5.73 Å². The molecular formula is C13H15N2O+. The van der Waals surface area contributed by atoms with Gasteiger partial charge in [0, 0.05) is 5.56 Å². The van der Waals surface area contributed by atoms with Gasteiger partial charge in [0.05, 0.1) is 11.8 Å². The van der Waals surface area contributed by atoms with E-state index >= 15 is 0 Å². The van der Waals surface area contributed by atoms with Gasteiger partial charge in [-0.15, -0.1) is 0 Å². The highest BCUT2D eigenvalue weighted by Gasteiger charge is 2.16. The minimum absolute atomic E-state index is 0.324. The Kier molecular flexibility index (Phi) is 3.17. The maximum absolute atomic E-state index is 11.1. The average Bonchev–Trinajstić information content (AvgIpc) is 2.30. The Hall–Kier alpha value is -1.87. The summed E-state index contributed by atoms with van der Waals surface area (Å²) in [6.07, 6.45) is 5.73. The first-order chi connectivity index (χ1) is 7.75. The molecule has 0 bridgehead atoms. The van der Waals surface area contributed by atoms with Crippen molar-refractivity contribution in [3.8, 4) is 0 Å². The van der Waals surface area contributed by atoms with Crippen molar-refractivity contribution in [2.45, 2.75) is 6.54 Å². The fourth-order valence-electron chi connectivity index (χ4n) is 1.81. The molecule has 1 atom stereocenters. The quantitative estimate of drug-likeness (QED) is 0.733. The first kappa shape index (κ1) is 10.6. The summed E-state index contributed by atoms with van der Waals surface area (Å²) in [7, 11) is 0. The molecule has 1 amide bonds. The number of hydrogen-bond donors (Lipinski definition) is 2. The topological polar surface area (TPSA) is 47.5 Å². The summed E-state index contributed by atoms with van der Waals surface area (Å²) in [4.78, 5) is 12.3. The lowest BCUT2D eigenvalue weighted by Gasteiger charge is -2.17. The first-order valence-electron chi connectivity index (χ1n) is 5.31. The van der Waals surface area contributed by atoms with Crippen LogP contribution in [0.15, 0.2) is 54.3 Å². The normalized spacial score (nSPS) is 19.2. The molecule has 0 aromatic heterocycles. The van der Waals surface area contributed by atoms with Gasteiger partial charge in [0.25, 0.3) is 0 Å². The summed E-state index contributed by atoms with van der Waals surface area (Å²) in [5.74, 6) is -0.324. The first-order valence-corrected chi connectivity index (χ1v) is 5.31. The van der Waals surface area contributed by atoms with Gasteiger partial charge in [0.2, 0.25) is 5.91 Å². The molecule has 1 aromatic carbocycles. The molecule has 3 heteroatoms. The molecule has 0 saturated carbocycles. The fourth-order valence-corrected chi connectivity index (χ4v) is 1.81. The van der Waals surface area contributed by atoms with E-state index in [-0.39, 0.29) is 5.91 Å². The SMILES string of the molecule is NC(=O)C1=CC=C[NH+](Cc2ccccc2)C1. The third kappa shape index (κ3) is 2.58. The van der Waals surface area contributed by atoms with Crippen LogP contribution >= 0.6 is 0 Å². The van der Waals surface area contributed by atoms with Crippen LogP contribution in [0, 0.1) is 0 Å². The van der Waals surface area contributed by atoms with Gasteiger partial charge in [-0.25, -0.2) is 0 Å². The van der Waals surface area contributed by atoms with Crippen LogP contribution in [-0.2, 0) is 11.3 Å². The van der Waals surface area contributed by atoms with Crippen LogP contribution in [0.3, 0.4) is 0 Å². The minimum atomic E-state index is -0.324. The van der Waals surface area contributed by atoms with Crippen molar-refractivity contribution in [2.75, 3.05) is 6.54 Å². The number of quaternary nitrogens is 1. The summed E-state index contributed by atoms with van der Waals surface area (Å²) in [6, 6.07) is 10.2. The van der Waals surface area contributed by atoms with E-state index in [2.05, 4.69) is 18.3 Å². The van der Waals surface area contributed by atoms with Crippen LogP contribution < -0.4 is 10.6 Å². The Morgan fingerprint density at radius 2 is 2.06 bits per heavy atom. The van der Waals surface area contributed by atoms with Crippen LogP contribution in [0.1, 0.15) is 5.56 Å². The number of amides is 1. The summed E-state index contributed by atoms with van der Waals surface area (Å²) in [6.45, 7) is 1.54. The number of carbonyl (C=O) groups is 1. The number of carbonyl (C=O) groups excluding carboxylic acids is 1. The maximum Gasteiger partial charge on any atom is 0.250 e. The third-order valence-electron chi connectivity index (χ3n) is 2.64. The van der Waals surface area contributed by atoms with E-state index in [1.165, 1.54) is 10.5 Å². The van der Waals surface area contributed by atoms with Crippen molar-refractivity contribution in [1.29, 1.82) is 0 Å². The summed E-state index contributed by atoms with van der Waals surface area (Å²) >= 11 is 0. The lowest BCUT2D eigenvalue weighted by atomic mass is 10.1. The van der Waals surface area contributed by atoms with Crippen LogP contribution in [0.25, 0.3) is 0 Å². The Bertz CT molecular complexity index is 435. The lowest BCUT2D eigenvalue weighted by molar-refractivity contribution is -0.856. The van der Waals surface area contributed by atoms with Crippen molar-refractivity contribution in [3.63, 3.8) is 0 Å². The molecule has 3 N–H and O–H groups in total. The standard InChI is InChI=1S/C13H14N2O/c14-13(16)12-7-4-8-15(10-12)9-11-5-2-1-3-6-11/h1-8H,9-10H2,(H2,14,16)/p+1. The highest BCUT2D eigenvalue weighted by atomic mass is 16.1. The molecule has 1 aromatic rings. The zero-order valence-electron chi connectivity index (χ0n) is 9.02. The Morgan fingerprint density at radius 1 is 1.31 bits per heavy atom. The number of primary amides is 1. The number of benzene rings is 1. The van der Waals surface area contributed by atoms with Gasteiger partial charge in [-0.05, 0) is 12.2 Å². The summed E-state index contributed by atoms with van der Waals surface area (Å²) in [5.41, 5.74) is 7.21. The molecule has 16 heavy (non-hydrogen) atoms.